The molecule has 2 heteroatoms. The molecule has 0 saturated carbocycles. The molecule has 1 atom stereocenters. The smallest absolute Gasteiger partial charge is 0.0415 e. The summed E-state index contributed by atoms with van der Waals surface area (Å²) in [6.07, 6.45) is 8.29. The van der Waals surface area contributed by atoms with E-state index in [1.807, 2.05) is 25.3 Å². The van der Waals surface area contributed by atoms with Crippen molar-refractivity contribution in [2.75, 3.05) is 19.6 Å². The molecule has 0 aliphatic carbocycles. The average molecular weight is 196 g/mol. The fourth-order valence-corrected chi connectivity index (χ4v) is 1.13. The molecule has 0 bridgehead atoms. The standard InChI is InChI=1S/C12H24N2/c1-4-6-9-14-11-12(3)7-10-13-8-5-2/h4,6,9,12-13H,5,7-8,10-11H2,1-3H3/b6-4-,14-9?. The van der Waals surface area contributed by atoms with Crippen LogP contribution >= 0.6 is 0 Å². The number of nitrogens with zero attached hydrogens (tertiary/aromatic N) is 1. The Hall–Kier alpha value is -0.630. The highest BCUT2D eigenvalue weighted by Gasteiger charge is 1.98. The van der Waals surface area contributed by atoms with Gasteiger partial charge in [0, 0.05) is 12.8 Å². The first-order valence-electron chi connectivity index (χ1n) is 5.63. The molecule has 0 saturated heterocycles. The summed E-state index contributed by atoms with van der Waals surface area (Å²) in [6.45, 7) is 9.64. The minimum atomic E-state index is 0.681. The topological polar surface area (TPSA) is 24.4 Å². The first-order chi connectivity index (χ1) is 6.81. The van der Waals surface area contributed by atoms with Crippen LogP contribution in [0, 0.1) is 5.92 Å². The molecule has 0 aliphatic heterocycles. The number of allylic oxidation sites excluding steroid dienone is 2. The molecule has 82 valence electrons. The molecule has 2 nitrogen and oxygen atoms in total. The van der Waals surface area contributed by atoms with Gasteiger partial charge in [0.2, 0.25) is 0 Å². The lowest BCUT2D eigenvalue weighted by molar-refractivity contribution is 0.511. The zero-order chi connectivity index (χ0) is 10.6. The third-order valence-corrected chi connectivity index (χ3v) is 2.04. The summed E-state index contributed by atoms with van der Waals surface area (Å²) in [5.74, 6) is 0.681. The Labute approximate surface area is 88.5 Å². The lowest BCUT2D eigenvalue weighted by Crippen LogP contribution is -2.18. The fourth-order valence-electron chi connectivity index (χ4n) is 1.13. The molecule has 0 spiro atoms. The van der Waals surface area contributed by atoms with Crippen LogP contribution in [0.4, 0.5) is 0 Å². The van der Waals surface area contributed by atoms with E-state index in [9.17, 15) is 0 Å². The van der Waals surface area contributed by atoms with Gasteiger partial charge in [0.15, 0.2) is 0 Å². The van der Waals surface area contributed by atoms with Crippen molar-refractivity contribution < 1.29 is 0 Å². The molecule has 0 rings (SSSR count). The monoisotopic (exact) mass is 196 g/mol. The van der Waals surface area contributed by atoms with Gasteiger partial charge in [0.25, 0.3) is 0 Å². The van der Waals surface area contributed by atoms with E-state index in [1.165, 1.54) is 12.8 Å². The highest BCUT2D eigenvalue weighted by atomic mass is 14.8. The van der Waals surface area contributed by atoms with Crippen molar-refractivity contribution in [1.82, 2.24) is 5.32 Å². The molecule has 0 amide bonds. The molecule has 1 unspecified atom stereocenters. The highest BCUT2D eigenvalue weighted by Crippen LogP contribution is 2.00. The minimum Gasteiger partial charge on any atom is -0.317 e. The van der Waals surface area contributed by atoms with Gasteiger partial charge in [-0.2, -0.15) is 0 Å². The van der Waals surface area contributed by atoms with Gasteiger partial charge >= 0.3 is 0 Å². The first kappa shape index (κ1) is 13.4. The summed E-state index contributed by atoms with van der Waals surface area (Å²) >= 11 is 0. The number of nitrogens with one attached hydrogen (secondary N) is 1. The van der Waals surface area contributed by atoms with Crippen molar-refractivity contribution in [1.29, 1.82) is 0 Å². The van der Waals surface area contributed by atoms with Gasteiger partial charge in [-0.3, -0.25) is 4.99 Å². The highest BCUT2D eigenvalue weighted by molar-refractivity contribution is 5.70. The van der Waals surface area contributed by atoms with Crippen LogP contribution in [0.25, 0.3) is 0 Å². The predicted molar refractivity (Wildman–Crippen MR) is 65.1 cm³/mol. The third-order valence-electron chi connectivity index (χ3n) is 2.04. The van der Waals surface area contributed by atoms with E-state index in [1.54, 1.807) is 0 Å². The second-order valence-corrected chi connectivity index (χ2v) is 3.68. The van der Waals surface area contributed by atoms with Crippen molar-refractivity contribution in [3.63, 3.8) is 0 Å². The number of hydrogen-bond donors (Lipinski definition) is 1. The molecule has 0 heterocycles. The van der Waals surface area contributed by atoms with Crippen LogP contribution < -0.4 is 5.32 Å². The maximum atomic E-state index is 4.32. The van der Waals surface area contributed by atoms with Crippen molar-refractivity contribution in [2.45, 2.75) is 33.6 Å². The van der Waals surface area contributed by atoms with Crippen LogP contribution in [0.1, 0.15) is 33.6 Å². The van der Waals surface area contributed by atoms with Gasteiger partial charge in [-0.1, -0.05) is 19.9 Å². The SMILES string of the molecule is C/C=C\C=NCC(C)CCNCCC. The molecule has 0 aromatic rings. The molecule has 0 aromatic carbocycles. The van der Waals surface area contributed by atoms with Crippen molar-refractivity contribution in [3.05, 3.63) is 12.2 Å². The van der Waals surface area contributed by atoms with Gasteiger partial charge < -0.3 is 5.32 Å². The predicted octanol–water partition coefficient (Wildman–Crippen LogP) is 2.66. The van der Waals surface area contributed by atoms with E-state index < -0.39 is 0 Å². The number of aliphatic imine (C=N–C) groups is 1. The van der Waals surface area contributed by atoms with Crippen molar-refractivity contribution >= 4 is 6.21 Å². The summed E-state index contributed by atoms with van der Waals surface area (Å²) in [5, 5.41) is 3.40. The summed E-state index contributed by atoms with van der Waals surface area (Å²) in [7, 11) is 0. The van der Waals surface area contributed by atoms with Crippen LogP contribution in [-0.2, 0) is 0 Å². The normalized spacial score (nSPS) is 14.2. The average Bonchev–Trinajstić information content (AvgIpc) is 2.19. The minimum absolute atomic E-state index is 0.681. The zero-order valence-electron chi connectivity index (χ0n) is 9.79. The molecule has 0 fully saturated rings. The van der Waals surface area contributed by atoms with Gasteiger partial charge in [-0.25, -0.2) is 0 Å². The first-order valence-corrected chi connectivity index (χ1v) is 5.63. The van der Waals surface area contributed by atoms with E-state index in [0.717, 1.165) is 19.6 Å². The van der Waals surface area contributed by atoms with Gasteiger partial charge in [-0.05, 0) is 44.8 Å². The van der Waals surface area contributed by atoms with Crippen LogP contribution in [0.5, 0.6) is 0 Å². The van der Waals surface area contributed by atoms with E-state index in [0.29, 0.717) is 5.92 Å². The molecular weight excluding hydrogens is 172 g/mol. The van der Waals surface area contributed by atoms with Crippen LogP contribution in [-0.4, -0.2) is 25.8 Å². The lowest BCUT2D eigenvalue weighted by Gasteiger charge is -2.08. The van der Waals surface area contributed by atoms with E-state index in [-0.39, 0.29) is 0 Å². The van der Waals surface area contributed by atoms with Crippen LogP contribution in [0.15, 0.2) is 17.1 Å². The van der Waals surface area contributed by atoms with Gasteiger partial charge in [-0.15, -0.1) is 0 Å². The Morgan fingerprint density at radius 3 is 2.79 bits per heavy atom. The Kier molecular flexibility index (Phi) is 9.98. The number of hydrogen-bond acceptors (Lipinski definition) is 2. The molecule has 0 aliphatic rings. The molecule has 0 aromatic heterocycles. The Bertz CT molecular complexity index is 162. The largest absolute Gasteiger partial charge is 0.317 e. The second kappa shape index (κ2) is 10.5. The van der Waals surface area contributed by atoms with E-state index >= 15 is 0 Å². The third kappa shape index (κ3) is 9.46. The maximum Gasteiger partial charge on any atom is 0.0415 e. The zero-order valence-corrected chi connectivity index (χ0v) is 9.79. The van der Waals surface area contributed by atoms with Crippen LogP contribution in [0.3, 0.4) is 0 Å². The van der Waals surface area contributed by atoms with Crippen LogP contribution in [0.2, 0.25) is 0 Å². The summed E-state index contributed by atoms with van der Waals surface area (Å²) in [4.78, 5) is 4.32. The van der Waals surface area contributed by atoms with E-state index in [2.05, 4.69) is 24.2 Å². The molecular formula is C12H24N2. The Morgan fingerprint density at radius 1 is 1.36 bits per heavy atom. The maximum absolute atomic E-state index is 4.32. The van der Waals surface area contributed by atoms with Crippen molar-refractivity contribution in [2.24, 2.45) is 10.9 Å². The van der Waals surface area contributed by atoms with Crippen molar-refractivity contribution in [3.8, 4) is 0 Å². The summed E-state index contributed by atoms with van der Waals surface area (Å²) in [5.41, 5.74) is 0. The lowest BCUT2D eigenvalue weighted by atomic mass is 10.1. The Balaban J connectivity index is 3.31. The quantitative estimate of drug-likeness (QED) is 0.468. The fraction of sp³-hybridized carbons (Fsp3) is 0.750. The number of rotatable bonds is 8. The molecule has 0 radical (unpaired) electrons. The molecule has 14 heavy (non-hydrogen) atoms. The van der Waals surface area contributed by atoms with Gasteiger partial charge in [0.05, 0.1) is 0 Å². The van der Waals surface area contributed by atoms with Gasteiger partial charge in [0.1, 0.15) is 0 Å². The summed E-state index contributed by atoms with van der Waals surface area (Å²) < 4.78 is 0. The Morgan fingerprint density at radius 2 is 2.14 bits per heavy atom. The summed E-state index contributed by atoms with van der Waals surface area (Å²) in [6, 6.07) is 0. The second-order valence-electron chi connectivity index (χ2n) is 3.68. The molecule has 1 N–H and O–H groups in total. The van der Waals surface area contributed by atoms with E-state index in [4.69, 9.17) is 0 Å².